The molecule has 3 aliphatic rings. The second-order valence-electron chi connectivity index (χ2n) is 11.2. The van der Waals surface area contributed by atoms with Crippen molar-refractivity contribution in [1.82, 2.24) is 24.9 Å². The number of carbonyl (C=O) groups excluding carboxylic acids is 3. The van der Waals surface area contributed by atoms with Crippen LogP contribution in [-0.2, 0) is 9.53 Å². The number of fused-ring (bicyclic) bond motifs is 3. The maximum atomic E-state index is 14.0. The molecule has 1 aromatic heterocycles. The first kappa shape index (κ1) is 27.4. The van der Waals surface area contributed by atoms with Crippen LogP contribution < -0.4 is 10.2 Å². The van der Waals surface area contributed by atoms with E-state index in [4.69, 9.17) is 4.74 Å². The monoisotopic (exact) mass is 555 g/mol. The number of aromatic hydroxyl groups is 1. The van der Waals surface area contributed by atoms with E-state index >= 15 is 0 Å². The Bertz CT molecular complexity index is 1340. The van der Waals surface area contributed by atoms with Crippen molar-refractivity contribution in [2.45, 2.75) is 45.3 Å². The number of benzene rings is 1. The number of nitrogens with one attached hydrogen (secondary N) is 1. The van der Waals surface area contributed by atoms with E-state index in [1.807, 2.05) is 32.6 Å². The number of amides is 4. The van der Waals surface area contributed by atoms with Crippen LogP contribution in [0.5, 0.6) is 5.75 Å². The molecular weight excluding hydrogens is 521 g/mol. The van der Waals surface area contributed by atoms with E-state index in [0.717, 1.165) is 6.07 Å². The lowest BCUT2D eigenvalue weighted by Gasteiger charge is -2.53. The van der Waals surface area contributed by atoms with E-state index < -0.39 is 28.8 Å². The van der Waals surface area contributed by atoms with Gasteiger partial charge in [-0.05, 0) is 45.4 Å². The van der Waals surface area contributed by atoms with E-state index in [-0.39, 0.29) is 35.6 Å². The zero-order chi connectivity index (χ0) is 28.8. The topological polar surface area (TPSA) is 131 Å². The smallest absolute Gasteiger partial charge is 0.410 e. The number of aromatic nitrogens is 2. The molecule has 12 nitrogen and oxygen atoms in total. The van der Waals surface area contributed by atoms with Crippen molar-refractivity contribution in [2.75, 3.05) is 56.0 Å². The van der Waals surface area contributed by atoms with Gasteiger partial charge in [0.25, 0.3) is 5.91 Å². The largest absolute Gasteiger partial charge is 0.504 e. The second-order valence-corrected chi connectivity index (χ2v) is 11.2. The van der Waals surface area contributed by atoms with Gasteiger partial charge in [-0.15, -0.1) is 10.2 Å². The summed E-state index contributed by atoms with van der Waals surface area (Å²) >= 11 is 0. The average molecular weight is 556 g/mol. The molecule has 3 aliphatic heterocycles. The Morgan fingerprint density at radius 1 is 1.07 bits per heavy atom. The van der Waals surface area contributed by atoms with Crippen LogP contribution in [0.2, 0.25) is 0 Å². The van der Waals surface area contributed by atoms with Crippen molar-refractivity contribution in [3.8, 4) is 17.0 Å². The molecule has 4 heterocycles. The van der Waals surface area contributed by atoms with Gasteiger partial charge in [0.15, 0.2) is 17.4 Å². The van der Waals surface area contributed by atoms with Crippen LogP contribution in [0.15, 0.2) is 24.3 Å². The first-order valence-corrected chi connectivity index (χ1v) is 13.4. The Kier molecular flexibility index (Phi) is 6.92. The summed E-state index contributed by atoms with van der Waals surface area (Å²) in [6, 6.07) is 5.66. The molecule has 2 saturated heterocycles. The minimum atomic E-state index is -1.05. The van der Waals surface area contributed by atoms with Gasteiger partial charge in [-0.1, -0.05) is 13.0 Å². The number of anilines is 2. The lowest BCUT2D eigenvalue weighted by Crippen LogP contribution is -2.71. The van der Waals surface area contributed by atoms with Crippen molar-refractivity contribution in [2.24, 2.45) is 0 Å². The van der Waals surface area contributed by atoms with Crippen LogP contribution in [0.3, 0.4) is 0 Å². The zero-order valence-corrected chi connectivity index (χ0v) is 23.1. The van der Waals surface area contributed by atoms with E-state index in [1.54, 1.807) is 26.8 Å². The number of urea groups is 1. The Balaban J connectivity index is 1.33. The first-order valence-electron chi connectivity index (χ1n) is 13.4. The van der Waals surface area contributed by atoms with Crippen LogP contribution in [-0.4, -0.2) is 105 Å². The molecule has 0 spiro atoms. The van der Waals surface area contributed by atoms with Crippen molar-refractivity contribution >= 4 is 29.5 Å². The summed E-state index contributed by atoms with van der Waals surface area (Å²) in [5, 5.41) is 21.3. The summed E-state index contributed by atoms with van der Waals surface area (Å²) in [4.78, 5) is 46.3. The van der Waals surface area contributed by atoms with Gasteiger partial charge in [0, 0.05) is 44.8 Å². The van der Waals surface area contributed by atoms with Crippen LogP contribution in [0.1, 0.15) is 34.1 Å². The summed E-state index contributed by atoms with van der Waals surface area (Å²) in [7, 11) is 0. The lowest BCUT2D eigenvalue weighted by molar-refractivity contribution is -0.123. The molecule has 0 radical (unpaired) electrons. The number of hydrogen-bond donors (Lipinski definition) is 2. The molecule has 1 aromatic carbocycles. The van der Waals surface area contributed by atoms with Crippen molar-refractivity contribution < 1.29 is 28.6 Å². The Hall–Kier alpha value is -4.16. The van der Waals surface area contributed by atoms with Gasteiger partial charge in [0.2, 0.25) is 0 Å². The summed E-state index contributed by atoms with van der Waals surface area (Å²) in [5.41, 5.74) is -0.606. The molecule has 13 heteroatoms. The molecule has 40 heavy (non-hydrogen) atoms. The van der Waals surface area contributed by atoms with Crippen molar-refractivity contribution in [3.05, 3.63) is 30.1 Å². The summed E-state index contributed by atoms with van der Waals surface area (Å²) < 4.78 is 19.5. The van der Waals surface area contributed by atoms with Gasteiger partial charge in [-0.2, -0.15) is 0 Å². The number of nitrogens with zero attached hydrogens (tertiary/aromatic N) is 6. The molecule has 1 unspecified atom stereocenters. The third-order valence-electron chi connectivity index (χ3n) is 7.60. The molecule has 2 N–H and O–H groups in total. The Morgan fingerprint density at radius 3 is 2.42 bits per heavy atom. The molecular formula is C27H34FN7O5. The van der Waals surface area contributed by atoms with Gasteiger partial charge < -0.3 is 34.8 Å². The van der Waals surface area contributed by atoms with E-state index in [2.05, 4.69) is 15.5 Å². The van der Waals surface area contributed by atoms with Crippen molar-refractivity contribution in [1.29, 1.82) is 0 Å². The minimum Gasteiger partial charge on any atom is -0.504 e. The standard InChI is InChI=1S/C27H34FN7O5/c1-5-27-16-34(24(38)32-9-11-33(12-10-32)25(39)40-26(2,3)4)13-14-35(27)20-15-19(30-31-22(20)29-23(27)37)17-7-6-8-18(28)21(17)36/h6-8,15,36H,5,9-14,16H2,1-4H3,(H,29,31,37). The molecule has 0 aliphatic carbocycles. The lowest BCUT2D eigenvalue weighted by atomic mass is 9.87. The normalized spacial score (nSPS) is 21.0. The second kappa shape index (κ2) is 10.1. The number of halogens is 1. The molecule has 0 saturated carbocycles. The predicted octanol–water partition coefficient (Wildman–Crippen LogP) is 2.88. The van der Waals surface area contributed by atoms with E-state index in [1.165, 1.54) is 6.07 Å². The zero-order valence-electron chi connectivity index (χ0n) is 23.1. The summed E-state index contributed by atoms with van der Waals surface area (Å²) in [6.07, 6.45) is 0.0156. The maximum Gasteiger partial charge on any atom is 0.410 e. The average Bonchev–Trinajstić information content (AvgIpc) is 2.93. The van der Waals surface area contributed by atoms with Crippen LogP contribution in [0.25, 0.3) is 11.3 Å². The molecule has 4 amide bonds. The molecule has 2 aromatic rings. The fraction of sp³-hybridized carbons (Fsp3) is 0.519. The maximum absolute atomic E-state index is 14.0. The SMILES string of the molecule is CCC12CN(C(=O)N3CCN(C(=O)OC(C)(C)C)CC3)CCN1c1cc(-c3cccc(F)c3O)nnc1NC2=O. The molecule has 2 fully saturated rings. The fourth-order valence-corrected chi connectivity index (χ4v) is 5.45. The van der Waals surface area contributed by atoms with Crippen LogP contribution >= 0.6 is 0 Å². The highest BCUT2D eigenvalue weighted by molar-refractivity contribution is 6.06. The number of phenols is 1. The number of carbonyl (C=O) groups is 3. The van der Waals surface area contributed by atoms with Crippen LogP contribution in [0, 0.1) is 5.82 Å². The van der Waals surface area contributed by atoms with Gasteiger partial charge >= 0.3 is 12.1 Å². The van der Waals surface area contributed by atoms with Gasteiger partial charge in [-0.3, -0.25) is 4.79 Å². The number of hydrogen-bond acceptors (Lipinski definition) is 8. The fourth-order valence-electron chi connectivity index (χ4n) is 5.45. The molecule has 0 bridgehead atoms. The highest BCUT2D eigenvalue weighted by Crippen LogP contribution is 2.42. The third-order valence-corrected chi connectivity index (χ3v) is 7.60. The van der Waals surface area contributed by atoms with Gasteiger partial charge in [0.05, 0.1) is 17.9 Å². The van der Waals surface area contributed by atoms with Crippen molar-refractivity contribution in [3.63, 3.8) is 0 Å². The number of para-hydroxylation sites is 1. The Morgan fingerprint density at radius 2 is 1.75 bits per heavy atom. The number of ether oxygens (including phenoxy) is 1. The summed E-state index contributed by atoms with van der Waals surface area (Å²) in [6.45, 7) is 9.66. The summed E-state index contributed by atoms with van der Waals surface area (Å²) in [5.74, 6) is -1.31. The number of rotatable bonds is 2. The quantitative estimate of drug-likeness (QED) is 0.579. The molecule has 5 rings (SSSR count). The number of phenolic OH excluding ortho intramolecular Hbond substituents is 1. The predicted molar refractivity (Wildman–Crippen MR) is 144 cm³/mol. The van der Waals surface area contributed by atoms with Crippen LogP contribution in [0.4, 0.5) is 25.5 Å². The molecule has 1 atom stereocenters. The van der Waals surface area contributed by atoms with Gasteiger partial charge in [-0.25, -0.2) is 14.0 Å². The highest BCUT2D eigenvalue weighted by atomic mass is 19.1. The first-order chi connectivity index (χ1) is 18.9. The van der Waals surface area contributed by atoms with Gasteiger partial charge in [0.1, 0.15) is 11.1 Å². The Labute approximate surface area is 231 Å². The van der Waals surface area contributed by atoms with E-state index in [9.17, 15) is 23.9 Å². The minimum absolute atomic E-state index is 0.156. The molecule has 214 valence electrons. The third kappa shape index (κ3) is 4.84. The highest BCUT2D eigenvalue weighted by Gasteiger charge is 2.52. The number of piperazine rings is 2. The van der Waals surface area contributed by atoms with E-state index in [0.29, 0.717) is 51.4 Å².